The normalized spacial score (nSPS) is 11.0. The van der Waals surface area contributed by atoms with E-state index in [1.54, 1.807) is 24.3 Å². The number of rotatable bonds is 5. The number of nitrogens with zero attached hydrogens (tertiary/aromatic N) is 3. The molecule has 0 aliphatic rings. The summed E-state index contributed by atoms with van der Waals surface area (Å²) < 4.78 is 4.36. The molecule has 3 N–H and O–H groups in total. The van der Waals surface area contributed by atoms with E-state index < -0.39 is 0 Å². The van der Waals surface area contributed by atoms with E-state index in [1.807, 2.05) is 0 Å². The zero-order chi connectivity index (χ0) is 17.1. The first-order valence-corrected chi connectivity index (χ1v) is 7.80. The fourth-order valence-corrected chi connectivity index (χ4v) is 2.82. The number of phenols is 1. The van der Waals surface area contributed by atoms with Crippen LogP contribution in [0.2, 0.25) is 10.6 Å². The Bertz CT molecular complexity index is 879. The summed E-state index contributed by atoms with van der Waals surface area (Å²) in [5, 5.41) is 26.0. The summed E-state index contributed by atoms with van der Waals surface area (Å²) in [7, 11) is 0. The van der Waals surface area contributed by atoms with Gasteiger partial charge in [-0.3, -0.25) is 0 Å². The van der Waals surface area contributed by atoms with E-state index >= 15 is 0 Å². The highest BCUT2D eigenvalue weighted by molar-refractivity contribution is 7.94. The molecule has 1 aromatic heterocycles. The van der Waals surface area contributed by atoms with Crippen LogP contribution in [0.5, 0.6) is 5.75 Å². The second kappa shape index (κ2) is 7.34. The van der Waals surface area contributed by atoms with Crippen LogP contribution < -0.4 is 5.32 Å². The summed E-state index contributed by atoms with van der Waals surface area (Å²) in [6.45, 7) is 0. The minimum Gasteiger partial charge on any atom is -0.507 e. The first-order valence-electron chi connectivity index (χ1n) is 6.31. The van der Waals surface area contributed by atoms with Gasteiger partial charge in [0.25, 0.3) is 0 Å². The van der Waals surface area contributed by atoms with Crippen molar-refractivity contribution in [2.24, 2.45) is 0 Å². The van der Waals surface area contributed by atoms with Crippen molar-refractivity contribution in [1.29, 1.82) is 0 Å². The maximum Gasteiger partial charge on any atom is 0.232 e. The standard InChI is InChI=1S/C13H8Cl2N4O4S/c14-11-17-12(15)19-13(18-11)16-7-1-2-9-6(3-7)4-8(5-10(9)20)24-23-22-21/h1-5,20-21H,(H,16,17,18,19). The number of nitrogens with one attached hydrogen (secondary N) is 1. The molecule has 0 atom stereocenters. The minimum atomic E-state index is -0.0317. The van der Waals surface area contributed by atoms with Crippen LogP contribution in [0.1, 0.15) is 0 Å². The Morgan fingerprint density at radius 3 is 2.50 bits per heavy atom. The monoisotopic (exact) mass is 386 g/mol. The van der Waals surface area contributed by atoms with Crippen molar-refractivity contribution >= 4 is 57.7 Å². The number of hydrogen-bond donors (Lipinski definition) is 3. The zero-order valence-electron chi connectivity index (χ0n) is 11.6. The third-order valence-corrected chi connectivity index (χ3v) is 3.80. The molecule has 3 aromatic rings. The van der Waals surface area contributed by atoms with Gasteiger partial charge in [-0.1, -0.05) is 5.04 Å². The number of hydrogen-bond acceptors (Lipinski definition) is 9. The second-order valence-electron chi connectivity index (χ2n) is 4.43. The van der Waals surface area contributed by atoms with Gasteiger partial charge in [-0.05, 0) is 58.9 Å². The third-order valence-electron chi connectivity index (χ3n) is 2.90. The molecule has 124 valence electrons. The largest absolute Gasteiger partial charge is 0.507 e. The Kier molecular flexibility index (Phi) is 5.19. The van der Waals surface area contributed by atoms with E-state index in [0.717, 1.165) is 12.0 Å². The van der Waals surface area contributed by atoms with E-state index in [9.17, 15) is 5.11 Å². The van der Waals surface area contributed by atoms with Gasteiger partial charge in [0, 0.05) is 16.0 Å². The van der Waals surface area contributed by atoms with E-state index in [1.165, 1.54) is 6.07 Å². The fourth-order valence-electron chi connectivity index (χ4n) is 2.01. The number of aromatic hydroxyl groups is 1. The van der Waals surface area contributed by atoms with E-state index in [2.05, 4.69) is 29.6 Å². The molecule has 0 aliphatic carbocycles. The number of halogens is 2. The summed E-state index contributed by atoms with van der Waals surface area (Å²) in [5.74, 6) is 0.237. The quantitative estimate of drug-likeness (QED) is 0.337. The van der Waals surface area contributed by atoms with Gasteiger partial charge in [0.1, 0.15) is 5.75 Å². The van der Waals surface area contributed by atoms with Gasteiger partial charge in [-0.2, -0.15) is 15.0 Å². The summed E-state index contributed by atoms with van der Waals surface area (Å²) in [4.78, 5) is 12.0. The highest BCUT2D eigenvalue weighted by atomic mass is 35.5. The second-order valence-corrected chi connectivity index (χ2v) is 5.88. The topological polar surface area (TPSA) is 110 Å². The van der Waals surface area contributed by atoms with Crippen LogP contribution in [-0.4, -0.2) is 25.3 Å². The lowest BCUT2D eigenvalue weighted by Gasteiger charge is -2.08. The SMILES string of the molecule is OOOSc1cc(O)c2ccc(Nc3nc(Cl)nc(Cl)n3)cc2c1. The number of aromatic nitrogens is 3. The molecule has 0 aliphatic heterocycles. The molecule has 0 fully saturated rings. The highest BCUT2D eigenvalue weighted by Crippen LogP contribution is 2.33. The lowest BCUT2D eigenvalue weighted by molar-refractivity contribution is -0.432. The molecular weight excluding hydrogens is 379 g/mol. The smallest absolute Gasteiger partial charge is 0.232 e. The number of anilines is 2. The Morgan fingerprint density at radius 1 is 1.04 bits per heavy atom. The molecule has 0 saturated carbocycles. The maximum absolute atomic E-state index is 10.0. The Labute approximate surface area is 149 Å². The molecule has 24 heavy (non-hydrogen) atoms. The van der Waals surface area contributed by atoms with E-state index in [4.69, 9.17) is 28.5 Å². The average molecular weight is 387 g/mol. The van der Waals surface area contributed by atoms with Crippen LogP contribution in [0, 0.1) is 0 Å². The maximum atomic E-state index is 10.0. The Morgan fingerprint density at radius 2 is 1.79 bits per heavy atom. The molecule has 0 saturated heterocycles. The van der Waals surface area contributed by atoms with Gasteiger partial charge >= 0.3 is 0 Å². The van der Waals surface area contributed by atoms with Gasteiger partial charge < -0.3 is 10.4 Å². The Balaban J connectivity index is 1.94. The first-order chi connectivity index (χ1) is 11.5. The summed E-state index contributed by atoms with van der Waals surface area (Å²) >= 11 is 12.2. The zero-order valence-corrected chi connectivity index (χ0v) is 13.9. The van der Waals surface area contributed by atoms with Crippen LogP contribution in [0.15, 0.2) is 35.2 Å². The predicted octanol–water partition coefficient (Wildman–Crippen LogP) is 4.21. The third kappa shape index (κ3) is 3.96. The Hall–Kier alpha value is -1.88. The lowest BCUT2D eigenvalue weighted by atomic mass is 10.1. The molecular formula is C13H8Cl2N4O4S. The van der Waals surface area contributed by atoms with Gasteiger partial charge in [-0.15, -0.1) is 4.33 Å². The number of fused-ring (bicyclic) bond motifs is 1. The number of benzene rings is 2. The molecule has 1 heterocycles. The molecule has 2 aromatic carbocycles. The molecule has 0 amide bonds. The molecule has 0 radical (unpaired) electrons. The van der Waals surface area contributed by atoms with Crippen molar-refractivity contribution in [3.05, 3.63) is 40.9 Å². The van der Waals surface area contributed by atoms with E-state index in [-0.39, 0.29) is 22.3 Å². The molecule has 0 bridgehead atoms. The van der Waals surface area contributed by atoms with Crippen molar-refractivity contribution in [1.82, 2.24) is 15.0 Å². The van der Waals surface area contributed by atoms with Crippen LogP contribution in [-0.2, 0) is 9.37 Å². The van der Waals surface area contributed by atoms with Crippen LogP contribution >= 0.6 is 35.2 Å². The predicted molar refractivity (Wildman–Crippen MR) is 89.4 cm³/mol. The van der Waals surface area contributed by atoms with Crippen molar-refractivity contribution in [3.8, 4) is 5.75 Å². The van der Waals surface area contributed by atoms with Gasteiger partial charge in [0.05, 0.1) is 12.0 Å². The first kappa shape index (κ1) is 17.0. The van der Waals surface area contributed by atoms with Gasteiger partial charge in [0.2, 0.25) is 16.5 Å². The van der Waals surface area contributed by atoms with Crippen LogP contribution in [0.25, 0.3) is 10.8 Å². The summed E-state index contributed by atoms with van der Waals surface area (Å²) in [6, 6.07) is 8.41. The molecule has 8 nitrogen and oxygen atoms in total. The van der Waals surface area contributed by atoms with Crippen LogP contribution in [0.4, 0.5) is 11.6 Å². The van der Waals surface area contributed by atoms with Crippen molar-refractivity contribution < 1.29 is 19.7 Å². The summed E-state index contributed by atoms with van der Waals surface area (Å²) in [6.07, 6.45) is 0. The van der Waals surface area contributed by atoms with Gasteiger partial charge in [0.15, 0.2) is 0 Å². The number of phenolic OH excluding ortho intramolecular Hbond substituents is 1. The van der Waals surface area contributed by atoms with Crippen molar-refractivity contribution in [2.75, 3.05) is 5.32 Å². The summed E-state index contributed by atoms with van der Waals surface area (Å²) in [5.41, 5.74) is 0.640. The molecule has 0 unspecified atom stereocenters. The van der Waals surface area contributed by atoms with Crippen molar-refractivity contribution in [2.45, 2.75) is 4.90 Å². The van der Waals surface area contributed by atoms with Crippen molar-refractivity contribution in [3.63, 3.8) is 0 Å². The fraction of sp³-hybridized carbons (Fsp3) is 0. The van der Waals surface area contributed by atoms with E-state index in [0.29, 0.717) is 21.4 Å². The molecule has 3 rings (SSSR count). The van der Waals surface area contributed by atoms with Gasteiger partial charge in [-0.25, -0.2) is 5.26 Å². The average Bonchev–Trinajstić information content (AvgIpc) is 2.51. The lowest BCUT2D eigenvalue weighted by Crippen LogP contribution is -1.99. The minimum absolute atomic E-state index is 0.0317. The highest BCUT2D eigenvalue weighted by Gasteiger charge is 2.08. The molecule has 0 spiro atoms. The van der Waals surface area contributed by atoms with Crippen LogP contribution in [0.3, 0.4) is 0 Å². The molecule has 11 heteroatoms.